The summed E-state index contributed by atoms with van der Waals surface area (Å²) in [6, 6.07) is 21.5. The molecule has 2 heterocycles. The van der Waals surface area contributed by atoms with E-state index in [9.17, 15) is 4.79 Å². The maximum absolute atomic E-state index is 12.6. The van der Waals surface area contributed by atoms with Gasteiger partial charge in [-0.05, 0) is 50.3 Å². The largest absolute Gasteiger partial charge is 0.375 e. The lowest BCUT2D eigenvalue weighted by Crippen LogP contribution is -2.55. The molecule has 0 saturated carbocycles. The normalized spacial score (nSPS) is 20.7. The van der Waals surface area contributed by atoms with Gasteiger partial charge in [0, 0.05) is 38.8 Å². The number of carbonyl (C=O) groups excluding carboxylic acids is 1. The van der Waals surface area contributed by atoms with Crippen LogP contribution in [0.5, 0.6) is 0 Å². The standard InChI is InChI=1S/C26H35N3O2/c1-28(21-23-10-6-3-7-11-23)24-13-19-31-26(20-24)14-17-29(18-15-26)25(30)27-16-12-22-8-4-2-5-9-22/h2-11,24H,12-21H2,1H3,(H,27,30). The van der Waals surface area contributed by atoms with Crippen molar-refractivity contribution in [3.8, 4) is 0 Å². The maximum atomic E-state index is 12.6. The van der Waals surface area contributed by atoms with E-state index in [1.165, 1.54) is 11.1 Å². The fourth-order valence-corrected chi connectivity index (χ4v) is 4.91. The van der Waals surface area contributed by atoms with E-state index >= 15 is 0 Å². The van der Waals surface area contributed by atoms with Crippen molar-refractivity contribution in [2.45, 2.75) is 50.3 Å². The smallest absolute Gasteiger partial charge is 0.317 e. The zero-order valence-electron chi connectivity index (χ0n) is 18.6. The summed E-state index contributed by atoms with van der Waals surface area (Å²) >= 11 is 0. The second-order valence-electron chi connectivity index (χ2n) is 9.03. The monoisotopic (exact) mass is 421 g/mol. The number of hydrogen-bond acceptors (Lipinski definition) is 3. The Labute approximate surface area is 186 Å². The van der Waals surface area contributed by atoms with Gasteiger partial charge in [0.25, 0.3) is 0 Å². The van der Waals surface area contributed by atoms with Gasteiger partial charge in [-0.1, -0.05) is 60.7 Å². The van der Waals surface area contributed by atoms with Gasteiger partial charge in [0.2, 0.25) is 0 Å². The predicted molar refractivity (Wildman–Crippen MR) is 124 cm³/mol. The average Bonchev–Trinajstić information content (AvgIpc) is 2.81. The van der Waals surface area contributed by atoms with Gasteiger partial charge in [-0.25, -0.2) is 4.79 Å². The van der Waals surface area contributed by atoms with Crippen molar-refractivity contribution >= 4 is 6.03 Å². The minimum absolute atomic E-state index is 0.0549. The van der Waals surface area contributed by atoms with E-state index in [0.29, 0.717) is 12.6 Å². The molecule has 4 rings (SSSR count). The van der Waals surface area contributed by atoms with E-state index in [1.807, 2.05) is 23.1 Å². The average molecular weight is 422 g/mol. The summed E-state index contributed by atoms with van der Waals surface area (Å²) in [5, 5.41) is 3.08. The van der Waals surface area contributed by atoms with Crippen molar-refractivity contribution in [1.29, 1.82) is 0 Å². The molecule has 1 N–H and O–H groups in total. The second-order valence-corrected chi connectivity index (χ2v) is 9.03. The van der Waals surface area contributed by atoms with Gasteiger partial charge in [-0.2, -0.15) is 0 Å². The summed E-state index contributed by atoms with van der Waals surface area (Å²) in [6.07, 6.45) is 4.85. The number of nitrogens with one attached hydrogen (secondary N) is 1. The van der Waals surface area contributed by atoms with Gasteiger partial charge in [0.15, 0.2) is 0 Å². The van der Waals surface area contributed by atoms with Crippen LogP contribution in [0.25, 0.3) is 0 Å². The number of ether oxygens (including phenoxy) is 1. The molecule has 2 aliphatic rings. The summed E-state index contributed by atoms with van der Waals surface area (Å²) in [5.74, 6) is 0. The molecule has 2 saturated heterocycles. The topological polar surface area (TPSA) is 44.8 Å². The van der Waals surface area contributed by atoms with E-state index in [-0.39, 0.29) is 11.6 Å². The van der Waals surface area contributed by atoms with Crippen molar-refractivity contribution < 1.29 is 9.53 Å². The van der Waals surface area contributed by atoms with Crippen LogP contribution in [-0.4, -0.2) is 60.8 Å². The fraction of sp³-hybridized carbons (Fsp3) is 0.500. The Balaban J connectivity index is 1.23. The van der Waals surface area contributed by atoms with E-state index < -0.39 is 0 Å². The van der Waals surface area contributed by atoms with Crippen molar-refractivity contribution in [1.82, 2.24) is 15.1 Å². The molecular formula is C26H35N3O2. The lowest BCUT2D eigenvalue weighted by Gasteiger charge is -2.48. The van der Waals surface area contributed by atoms with Crippen LogP contribution in [0.3, 0.4) is 0 Å². The van der Waals surface area contributed by atoms with Gasteiger partial charge in [0.05, 0.1) is 5.60 Å². The van der Waals surface area contributed by atoms with Crippen LogP contribution in [0.2, 0.25) is 0 Å². The van der Waals surface area contributed by atoms with Gasteiger partial charge in [-0.3, -0.25) is 4.90 Å². The number of rotatable bonds is 6. The first-order valence-corrected chi connectivity index (χ1v) is 11.6. The lowest BCUT2D eigenvalue weighted by molar-refractivity contribution is -0.128. The minimum Gasteiger partial charge on any atom is -0.375 e. The van der Waals surface area contributed by atoms with Crippen LogP contribution in [0.4, 0.5) is 4.79 Å². The van der Waals surface area contributed by atoms with E-state index in [1.54, 1.807) is 0 Å². The summed E-state index contributed by atoms with van der Waals surface area (Å²) in [7, 11) is 2.23. The molecule has 5 heteroatoms. The van der Waals surface area contributed by atoms with Crippen LogP contribution >= 0.6 is 0 Å². The highest BCUT2D eigenvalue weighted by atomic mass is 16.5. The quantitative estimate of drug-likeness (QED) is 0.764. The Morgan fingerprint density at radius 2 is 1.71 bits per heavy atom. The molecule has 1 atom stereocenters. The van der Waals surface area contributed by atoms with Crippen molar-refractivity contribution in [3.63, 3.8) is 0 Å². The van der Waals surface area contributed by atoms with Crippen molar-refractivity contribution in [3.05, 3.63) is 71.8 Å². The first-order chi connectivity index (χ1) is 15.1. The number of carbonyl (C=O) groups is 1. The van der Waals surface area contributed by atoms with Crippen molar-refractivity contribution in [2.75, 3.05) is 33.3 Å². The highest BCUT2D eigenvalue weighted by Crippen LogP contribution is 2.36. The highest BCUT2D eigenvalue weighted by Gasteiger charge is 2.42. The molecule has 31 heavy (non-hydrogen) atoms. The van der Waals surface area contributed by atoms with E-state index in [2.05, 4.69) is 59.7 Å². The predicted octanol–water partition coefficient (Wildman–Crippen LogP) is 4.08. The molecule has 0 radical (unpaired) electrons. The number of nitrogens with zero attached hydrogens (tertiary/aromatic N) is 2. The van der Waals surface area contributed by atoms with Crippen molar-refractivity contribution in [2.24, 2.45) is 0 Å². The Morgan fingerprint density at radius 3 is 2.39 bits per heavy atom. The zero-order valence-corrected chi connectivity index (χ0v) is 18.6. The molecule has 2 fully saturated rings. The molecule has 0 aliphatic carbocycles. The third kappa shape index (κ3) is 5.86. The molecule has 0 aromatic heterocycles. The van der Waals surface area contributed by atoms with Crippen LogP contribution in [-0.2, 0) is 17.7 Å². The van der Waals surface area contributed by atoms with Gasteiger partial charge in [0.1, 0.15) is 0 Å². The van der Waals surface area contributed by atoms with Crippen LogP contribution in [0, 0.1) is 0 Å². The Hall–Kier alpha value is -2.37. The summed E-state index contributed by atoms with van der Waals surface area (Å²) in [6.45, 7) is 4.00. The SMILES string of the molecule is CN(Cc1ccccc1)C1CCOC2(CCN(C(=O)NCCc3ccccc3)CC2)C1. The highest BCUT2D eigenvalue weighted by molar-refractivity contribution is 5.74. The molecule has 2 aromatic rings. The number of hydrogen-bond donors (Lipinski definition) is 1. The molecule has 2 aromatic carbocycles. The lowest BCUT2D eigenvalue weighted by atomic mass is 9.82. The number of amides is 2. The molecule has 0 bridgehead atoms. The second kappa shape index (κ2) is 10.3. The molecule has 1 unspecified atom stereocenters. The third-order valence-electron chi connectivity index (χ3n) is 6.86. The summed E-state index contributed by atoms with van der Waals surface area (Å²) in [5.41, 5.74) is 2.53. The first kappa shape index (κ1) is 21.8. The van der Waals surface area contributed by atoms with Gasteiger partial charge >= 0.3 is 6.03 Å². The summed E-state index contributed by atoms with van der Waals surface area (Å²) < 4.78 is 6.32. The first-order valence-electron chi connectivity index (χ1n) is 11.6. The van der Waals surface area contributed by atoms with Gasteiger partial charge in [-0.15, -0.1) is 0 Å². The Bertz CT molecular complexity index is 819. The molecular weight excluding hydrogens is 386 g/mol. The van der Waals surface area contributed by atoms with Crippen LogP contribution in [0.15, 0.2) is 60.7 Å². The zero-order chi connectivity index (χ0) is 21.5. The van der Waals surface area contributed by atoms with E-state index in [0.717, 1.165) is 58.3 Å². The van der Waals surface area contributed by atoms with Crippen LogP contribution in [0.1, 0.15) is 36.8 Å². The minimum atomic E-state index is -0.0747. The maximum Gasteiger partial charge on any atom is 0.317 e. The summed E-state index contributed by atoms with van der Waals surface area (Å²) in [4.78, 5) is 17.0. The number of piperidine rings is 1. The Morgan fingerprint density at radius 1 is 1.06 bits per heavy atom. The molecule has 1 spiro atoms. The molecule has 2 amide bonds. The molecule has 2 aliphatic heterocycles. The fourth-order valence-electron chi connectivity index (χ4n) is 4.91. The third-order valence-corrected chi connectivity index (χ3v) is 6.86. The van der Waals surface area contributed by atoms with E-state index in [4.69, 9.17) is 4.74 Å². The molecule has 166 valence electrons. The number of benzene rings is 2. The van der Waals surface area contributed by atoms with Crippen LogP contribution < -0.4 is 5.32 Å². The number of likely N-dealkylation sites (tertiary alicyclic amines) is 1. The van der Waals surface area contributed by atoms with Gasteiger partial charge < -0.3 is 15.0 Å². The Kier molecular flexibility index (Phi) is 7.25. The molecule has 5 nitrogen and oxygen atoms in total. The number of urea groups is 1.